The highest BCUT2D eigenvalue weighted by atomic mass is 35.5. The third-order valence-electron chi connectivity index (χ3n) is 8.20. The molecule has 0 spiro atoms. The fraction of sp³-hybridized carbons (Fsp3) is 0.444. The van der Waals surface area contributed by atoms with E-state index in [1.54, 1.807) is 12.1 Å². The Bertz CT molecular complexity index is 1300. The number of phenols is 1. The number of rotatable bonds is 3. The molecule has 36 heavy (non-hydrogen) atoms. The van der Waals surface area contributed by atoms with Crippen LogP contribution in [-0.2, 0) is 25.6 Å². The lowest BCUT2D eigenvalue weighted by Gasteiger charge is -2.48. The number of hydrogen-bond donors (Lipinski definition) is 3. The number of ketones is 4. The van der Waals surface area contributed by atoms with Crippen molar-refractivity contribution in [1.29, 1.82) is 0 Å². The molecule has 1 amide bonds. The lowest BCUT2D eigenvalue weighted by Crippen LogP contribution is -2.68. The molecule has 2 saturated carbocycles. The molecule has 188 valence electrons. The summed E-state index contributed by atoms with van der Waals surface area (Å²) in [4.78, 5) is 64.3. The van der Waals surface area contributed by atoms with Gasteiger partial charge in [0.05, 0.1) is 11.5 Å². The van der Waals surface area contributed by atoms with E-state index in [0.717, 1.165) is 31.3 Å². The van der Waals surface area contributed by atoms with Gasteiger partial charge in [-0.05, 0) is 73.3 Å². The average Bonchev–Trinajstić information content (AvgIpc) is 2.83. The van der Waals surface area contributed by atoms with Gasteiger partial charge in [0.25, 0.3) is 0 Å². The van der Waals surface area contributed by atoms with Crippen LogP contribution in [0.15, 0.2) is 28.8 Å². The van der Waals surface area contributed by atoms with E-state index in [0.29, 0.717) is 16.2 Å². The summed E-state index contributed by atoms with van der Waals surface area (Å²) in [6.07, 6.45) is 7.69. The van der Waals surface area contributed by atoms with Crippen LogP contribution in [0.5, 0.6) is 5.75 Å². The molecule has 9 heteroatoms. The van der Waals surface area contributed by atoms with Crippen LogP contribution in [0.3, 0.4) is 0 Å². The molecule has 0 aromatic heterocycles. The normalized spacial score (nSPS) is 32.4. The summed E-state index contributed by atoms with van der Waals surface area (Å²) >= 11 is 6.60. The van der Waals surface area contributed by atoms with Gasteiger partial charge >= 0.3 is 0 Å². The first kappa shape index (κ1) is 24.6. The zero-order valence-corrected chi connectivity index (χ0v) is 20.2. The summed E-state index contributed by atoms with van der Waals surface area (Å²) in [5, 5.41) is 22.4. The maximum absolute atomic E-state index is 13.6. The van der Waals surface area contributed by atoms with Gasteiger partial charge in [0, 0.05) is 17.4 Å². The van der Waals surface area contributed by atoms with Gasteiger partial charge in [0.15, 0.2) is 34.7 Å². The summed E-state index contributed by atoms with van der Waals surface area (Å²) in [5.74, 6) is -10.2. The molecule has 5 rings (SSSR count). The van der Waals surface area contributed by atoms with Crippen LogP contribution < -0.4 is 5.73 Å². The number of amides is 1. The largest absolute Gasteiger partial charge is 0.507 e. The molecule has 4 aliphatic rings. The molecule has 5 atom stereocenters. The zero-order chi connectivity index (χ0) is 25.9. The second-order valence-electron chi connectivity index (χ2n) is 10.2. The van der Waals surface area contributed by atoms with E-state index in [9.17, 15) is 34.2 Å². The maximum atomic E-state index is 13.6. The summed E-state index contributed by atoms with van der Waals surface area (Å²) in [7, 11) is 0. The maximum Gasteiger partial charge on any atom is 0.235 e. The number of fused-ring (bicyclic) bond motifs is 3. The Morgan fingerprint density at radius 2 is 1.86 bits per heavy atom. The summed E-state index contributed by atoms with van der Waals surface area (Å²) in [6.45, 7) is 0. The van der Waals surface area contributed by atoms with Crippen molar-refractivity contribution < 1.29 is 34.2 Å². The number of aliphatic hydroxyl groups is 1. The number of nitrogens with two attached hydrogens (primary N) is 1. The van der Waals surface area contributed by atoms with Gasteiger partial charge in [-0.3, -0.25) is 24.0 Å². The lowest BCUT2D eigenvalue weighted by atomic mass is 9.53. The number of phenolic OH excluding ortho intramolecular Hbond substituents is 1. The van der Waals surface area contributed by atoms with Crippen molar-refractivity contribution in [3.05, 3.63) is 45.5 Å². The minimum absolute atomic E-state index is 0.0340. The number of hydrogen-bond acceptors (Lipinski definition) is 7. The van der Waals surface area contributed by atoms with Gasteiger partial charge in [-0.1, -0.05) is 23.7 Å². The van der Waals surface area contributed by atoms with E-state index in [4.69, 9.17) is 17.3 Å². The van der Waals surface area contributed by atoms with Crippen LogP contribution in [0.1, 0.15) is 60.0 Å². The molecule has 0 aliphatic heterocycles. The van der Waals surface area contributed by atoms with Crippen molar-refractivity contribution >= 4 is 46.7 Å². The first-order valence-electron chi connectivity index (χ1n) is 12.1. The van der Waals surface area contributed by atoms with Crippen LogP contribution in [-0.4, -0.2) is 44.9 Å². The van der Waals surface area contributed by atoms with Gasteiger partial charge in [-0.25, -0.2) is 0 Å². The van der Waals surface area contributed by atoms with Crippen molar-refractivity contribution in [3.63, 3.8) is 0 Å². The highest BCUT2D eigenvalue weighted by molar-refractivity contribution is 6.34. The minimum atomic E-state index is -2.65. The third-order valence-corrected chi connectivity index (χ3v) is 8.55. The van der Waals surface area contributed by atoms with E-state index >= 15 is 0 Å². The Morgan fingerprint density at radius 3 is 2.53 bits per heavy atom. The molecule has 2 fully saturated rings. The van der Waals surface area contributed by atoms with E-state index in [1.165, 1.54) is 6.07 Å². The van der Waals surface area contributed by atoms with Crippen molar-refractivity contribution in [3.8, 4) is 5.75 Å². The average molecular weight is 512 g/mol. The molecule has 0 bridgehead atoms. The topological polar surface area (TPSA) is 152 Å². The van der Waals surface area contributed by atoms with Gasteiger partial charge in [-0.15, -0.1) is 0 Å². The fourth-order valence-corrected chi connectivity index (χ4v) is 6.70. The van der Waals surface area contributed by atoms with Crippen molar-refractivity contribution in [1.82, 2.24) is 0 Å². The molecule has 8 nitrogen and oxygen atoms in total. The SMILES string of the molecule is NC(=O)C1C(=O)C[C@@H]2C[C@@H]3Cc4c(/C=C(\Cl)C5=CCCCC5)ccc(O)c4C(=O)C3C(=O)[C@]2(O)C1=O. The zero-order valence-electron chi connectivity index (χ0n) is 19.5. The molecule has 0 radical (unpaired) electrons. The van der Waals surface area contributed by atoms with Crippen LogP contribution in [0.2, 0.25) is 0 Å². The molecular formula is C27H26ClNO7. The molecule has 1 aromatic rings. The third kappa shape index (κ3) is 3.58. The summed E-state index contributed by atoms with van der Waals surface area (Å²) in [6, 6.07) is 3.03. The summed E-state index contributed by atoms with van der Waals surface area (Å²) in [5.41, 5.74) is 4.72. The number of Topliss-reactive ketones (excluding diaryl/α,β-unsaturated/α-hetero) is 4. The van der Waals surface area contributed by atoms with Crippen molar-refractivity contribution in [2.75, 3.05) is 0 Å². The molecule has 2 unspecified atom stereocenters. The Labute approximate surface area is 212 Å². The van der Waals surface area contributed by atoms with E-state index in [2.05, 4.69) is 6.08 Å². The standard InChI is InChI=1S/C27H26ClNO7/c28-17(12-4-2-1-3-5-12)10-13-6-7-18(30)21-16(13)9-14-8-15-11-19(31)22(26(29)35)25(34)27(15,36)24(33)20(14)23(21)32/h4,6-7,10,14-15,20,22,30,36H,1-3,5,8-9,11H2,(H2,29,35)/b17-10-/t14-,15+,20?,22?,27+/m1/s1. The molecule has 0 saturated heterocycles. The van der Waals surface area contributed by atoms with Crippen molar-refractivity contribution in [2.45, 2.75) is 50.5 Å². The second-order valence-corrected chi connectivity index (χ2v) is 10.6. The first-order valence-corrected chi connectivity index (χ1v) is 12.5. The van der Waals surface area contributed by atoms with Gasteiger partial charge in [0.1, 0.15) is 5.75 Å². The Morgan fingerprint density at radius 1 is 1.11 bits per heavy atom. The molecular weight excluding hydrogens is 486 g/mol. The molecule has 4 N–H and O–H groups in total. The number of aromatic hydroxyl groups is 1. The Hall–Kier alpha value is -3.10. The van der Waals surface area contributed by atoms with Gasteiger partial charge in [0.2, 0.25) is 5.91 Å². The number of benzene rings is 1. The number of halogens is 1. The van der Waals surface area contributed by atoms with E-state index in [1.807, 2.05) is 0 Å². The lowest BCUT2D eigenvalue weighted by molar-refractivity contribution is -0.175. The highest BCUT2D eigenvalue weighted by Crippen LogP contribution is 2.50. The van der Waals surface area contributed by atoms with Crippen LogP contribution >= 0.6 is 11.6 Å². The quantitative estimate of drug-likeness (QED) is 0.527. The van der Waals surface area contributed by atoms with Gasteiger partial charge < -0.3 is 15.9 Å². The van der Waals surface area contributed by atoms with E-state index < -0.39 is 58.3 Å². The predicted molar refractivity (Wildman–Crippen MR) is 129 cm³/mol. The highest BCUT2D eigenvalue weighted by Gasteiger charge is 2.66. The van der Waals surface area contributed by atoms with Crippen LogP contribution in [0, 0.1) is 23.7 Å². The van der Waals surface area contributed by atoms with E-state index in [-0.39, 0.29) is 30.6 Å². The molecule has 1 aromatic carbocycles. The Kier molecular flexibility index (Phi) is 6.00. The predicted octanol–water partition coefficient (Wildman–Crippen LogP) is 2.41. The number of carbonyl (C=O) groups is 5. The van der Waals surface area contributed by atoms with Crippen LogP contribution in [0.25, 0.3) is 6.08 Å². The second kappa shape index (κ2) is 8.78. The number of allylic oxidation sites excluding steroid dienone is 3. The monoisotopic (exact) mass is 511 g/mol. The van der Waals surface area contributed by atoms with Gasteiger partial charge in [-0.2, -0.15) is 0 Å². The molecule has 0 heterocycles. The minimum Gasteiger partial charge on any atom is -0.507 e. The molecule has 4 aliphatic carbocycles. The van der Waals surface area contributed by atoms with Crippen molar-refractivity contribution in [2.24, 2.45) is 29.4 Å². The summed E-state index contributed by atoms with van der Waals surface area (Å²) < 4.78 is 0. The number of carbonyl (C=O) groups excluding carboxylic acids is 5. The fourth-order valence-electron chi connectivity index (χ4n) is 6.41. The first-order chi connectivity index (χ1) is 17.1. The Balaban J connectivity index is 1.56. The smallest absolute Gasteiger partial charge is 0.235 e. The number of primary amides is 1. The van der Waals surface area contributed by atoms with Crippen LogP contribution in [0.4, 0.5) is 0 Å².